The molecule has 1 atom stereocenters. The molecular formula is C33H65NO14. The quantitative estimate of drug-likeness (QED) is 0.0909. The van der Waals surface area contributed by atoms with Crippen molar-refractivity contribution in [2.24, 2.45) is 0 Å². The van der Waals surface area contributed by atoms with E-state index >= 15 is 0 Å². The van der Waals surface area contributed by atoms with Gasteiger partial charge in [-0.25, -0.2) is 4.79 Å². The fourth-order valence-corrected chi connectivity index (χ4v) is 3.80. The minimum Gasteiger partial charge on any atom is -0.444 e. The van der Waals surface area contributed by atoms with Crippen LogP contribution >= 0.6 is 0 Å². The van der Waals surface area contributed by atoms with Crippen LogP contribution in [0.4, 0.5) is 4.79 Å². The second-order valence-corrected chi connectivity index (χ2v) is 11.7. The molecule has 0 aromatic carbocycles. The van der Waals surface area contributed by atoms with Crippen LogP contribution in [0, 0.1) is 0 Å². The van der Waals surface area contributed by atoms with Gasteiger partial charge >= 0.3 is 6.09 Å². The molecule has 0 N–H and O–H groups in total. The SMILES string of the molecule is CN(CCOCCOCCOCCOCCOCCOCCOCCOCCOCCOCCOC1CCCCO1)C(=O)OC(C)(C)C. The number of hydrogen-bond donors (Lipinski definition) is 0. The van der Waals surface area contributed by atoms with Crippen LogP contribution in [0.2, 0.25) is 0 Å². The number of ether oxygens (including phenoxy) is 13. The summed E-state index contributed by atoms with van der Waals surface area (Å²) in [4.78, 5) is 13.3. The monoisotopic (exact) mass is 699 g/mol. The summed E-state index contributed by atoms with van der Waals surface area (Å²) in [5.74, 6) is 0. The largest absolute Gasteiger partial charge is 0.444 e. The Bertz CT molecular complexity index is 694. The van der Waals surface area contributed by atoms with Gasteiger partial charge in [0.25, 0.3) is 0 Å². The fourth-order valence-electron chi connectivity index (χ4n) is 3.80. The second kappa shape index (κ2) is 33.0. The smallest absolute Gasteiger partial charge is 0.410 e. The lowest BCUT2D eigenvalue weighted by atomic mass is 10.2. The first-order valence-corrected chi connectivity index (χ1v) is 17.3. The molecule has 1 fully saturated rings. The Kier molecular flexibility index (Phi) is 30.8. The van der Waals surface area contributed by atoms with E-state index in [0.717, 1.165) is 25.9 Å². The highest BCUT2D eigenvalue weighted by molar-refractivity contribution is 5.67. The highest BCUT2D eigenvalue weighted by Gasteiger charge is 2.19. The lowest BCUT2D eigenvalue weighted by Crippen LogP contribution is -2.36. The minimum atomic E-state index is -0.510. The van der Waals surface area contributed by atoms with E-state index in [1.807, 2.05) is 20.8 Å². The Hall–Kier alpha value is -1.21. The van der Waals surface area contributed by atoms with E-state index in [0.29, 0.717) is 145 Å². The summed E-state index contributed by atoms with van der Waals surface area (Å²) in [5.41, 5.74) is -0.510. The third-order valence-electron chi connectivity index (χ3n) is 6.29. The molecule has 0 bridgehead atoms. The number of rotatable bonds is 34. The van der Waals surface area contributed by atoms with E-state index in [-0.39, 0.29) is 12.4 Å². The third kappa shape index (κ3) is 32.0. The second-order valence-electron chi connectivity index (χ2n) is 11.7. The Morgan fingerprint density at radius 1 is 0.542 bits per heavy atom. The lowest BCUT2D eigenvalue weighted by molar-refractivity contribution is -0.169. The number of carbonyl (C=O) groups excluding carboxylic acids is 1. The van der Waals surface area contributed by atoms with Crippen molar-refractivity contribution in [2.45, 2.75) is 51.9 Å². The highest BCUT2D eigenvalue weighted by atomic mass is 16.7. The van der Waals surface area contributed by atoms with Crippen molar-refractivity contribution in [3.8, 4) is 0 Å². The van der Waals surface area contributed by atoms with Gasteiger partial charge in [0, 0.05) is 20.2 Å². The van der Waals surface area contributed by atoms with Gasteiger partial charge in [0.1, 0.15) is 5.60 Å². The third-order valence-corrected chi connectivity index (χ3v) is 6.29. The molecule has 15 nitrogen and oxygen atoms in total. The van der Waals surface area contributed by atoms with Crippen molar-refractivity contribution in [1.29, 1.82) is 0 Å². The van der Waals surface area contributed by atoms with Crippen LogP contribution in [0.5, 0.6) is 0 Å². The summed E-state index contributed by atoms with van der Waals surface area (Å²) < 4.78 is 71.2. The standard InChI is InChI=1S/C33H65NO14/c1-33(2,3)48-32(35)34(4)8-10-36-11-12-37-13-14-38-15-16-39-17-18-40-19-20-41-21-22-42-23-24-43-25-26-44-27-28-45-29-30-47-31-7-5-6-9-46-31/h31H,5-30H2,1-4H3. The normalized spacial score (nSPS) is 15.2. The predicted molar refractivity (Wildman–Crippen MR) is 177 cm³/mol. The van der Waals surface area contributed by atoms with Crippen LogP contribution in [-0.4, -0.2) is 182 Å². The molecule has 0 aromatic heterocycles. The Balaban J connectivity index is 1.64. The maximum atomic E-state index is 11.9. The molecule has 1 rings (SSSR count). The van der Waals surface area contributed by atoms with Gasteiger partial charge in [0.2, 0.25) is 0 Å². The number of amides is 1. The van der Waals surface area contributed by atoms with Crippen LogP contribution in [0.1, 0.15) is 40.0 Å². The molecule has 286 valence electrons. The van der Waals surface area contributed by atoms with Crippen LogP contribution < -0.4 is 0 Å². The zero-order valence-corrected chi connectivity index (χ0v) is 30.1. The maximum absolute atomic E-state index is 11.9. The van der Waals surface area contributed by atoms with E-state index in [1.54, 1.807) is 7.05 Å². The summed E-state index contributed by atoms with van der Waals surface area (Å²) in [6.07, 6.45) is 2.82. The molecule has 1 heterocycles. The Morgan fingerprint density at radius 3 is 1.19 bits per heavy atom. The van der Waals surface area contributed by atoms with Gasteiger partial charge in [-0.05, 0) is 40.0 Å². The molecule has 0 radical (unpaired) electrons. The number of nitrogens with zero attached hydrogens (tertiary/aromatic N) is 1. The summed E-state index contributed by atoms with van der Waals surface area (Å²) >= 11 is 0. The van der Waals surface area contributed by atoms with Gasteiger partial charge in [0.05, 0.1) is 139 Å². The van der Waals surface area contributed by atoms with Gasteiger partial charge in [0.15, 0.2) is 6.29 Å². The summed E-state index contributed by atoms with van der Waals surface area (Å²) in [6.45, 7) is 17.2. The molecule has 1 amide bonds. The van der Waals surface area contributed by atoms with Crippen molar-refractivity contribution in [3.63, 3.8) is 0 Å². The molecule has 0 spiro atoms. The van der Waals surface area contributed by atoms with Crippen LogP contribution in [0.3, 0.4) is 0 Å². The van der Waals surface area contributed by atoms with E-state index in [9.17, 15) is 4.79 Å². The first-order chi connectivity index (χ1) is 23.4. The summed E-state index contributed by atoms with van der Waals surface area (Å²) in [7, 11) is 1.68. The zero-order valence-electron chi connectivity index (χ0n) is 30.1. The minimum absolute atomic E-state index is 0.0694. The molecule has 0 aliphatic carbocycles. The molecule has 48 heavy (non-hydrogen) atoms. The van der Waals surface area contributed by atoms with Crippen molar-refractivity contribution in [1.82, 2.24) is 4.90 Å². The van der Waals surface area contributed by atoms with E-state index < -0.39 is 5.60 Å². The van der Waals surface area contributed by atoms with Crippen LogP contribution in [0.15, 0.2) is 0 Å². The van der Waals surface area contributed by atoms with Crippen LogP contribution in [0.25, 0.3) is 0 Å². The van der Waals surface area contributed by atoms with Gasteiger partial charge in [-0.2, -0.15) is 0 Å². The average molecular weight is 700 g/mol. The topological polar surface area (TPSA) is 140 Å². The fraction of sp³-hybridized carbons (Fsp3) is 0.970. The molecule has 1 aliphatic heterocycles. The average Bonchev–Trinajstić information content (AvgIpc) is 3.06. The van der Waals surface area contributed by atoms with Crippen LogP contribution in [-0.2, 0) is 61.6 Å². The van der Waals surface area contributed by atoms with Crippen molar-refractivity contribution >= 4 is 6.09 Å². The Labute approximate surface area is 288 Å². The molecular weight excluding hydrogens is 634 g/mol. The van der Waals surface area contributed by atoms with Gasteiger partial charge in [-0.15, -0.1) is 0 Å². The molecule has 1 aliphatic rings. The van der Waals surface area contributed by atoms with E-state index in [4.69, 9.17) is 61.6 Å². The zero-order chi connectivity index (χ0) is 34.8. The molecule has 15 heteroatoms. The molecule has 1 saturated heterocycles. The summed E-state index contributed by atoms with van der Waals surface area (Å²) in [6, 6.07) is 0. The van der Waals surface area contributed by atoms with Crippen molar-refractivity contribution < 1.29 is 66.4 Å². The first-order valence-electron chi connectivity index (χ1n) is 17.3. The van der Waals surface area contributed by atoms with E-state index in [2.05, 4.69) is 0 Å². The number of carbonyl (C=O) groups is 1. The van der Waals surface area contributed by atoms with Crippen molar-refractivity contribution in [3.05, 3.63) is 0 Å². The number of hydrogen-bond acceptors (Lipinski definition) is 14. The van der Waals surface area contributed by atoms with Gasteiger partial charge < -0.3 is 66.5 Å². The highest BCUT2D eigenvalue weighted by Crippen LogP contribution is 2.13. The van der Waals surface area contributed by atoms with Gasteiger partial charge in [-0.3, -0.25) is 0 Å². The van der Waals surface area contributed by atoms with Gasteiger partial charge in [-0.1, -0.05) is 0 Å². The van der Waals surface area contributed by atoms with E-state index in [1.165, 1.54) is 4.90 Å². The summed E-state index contributed by atoms with van der Waals surface area (Å²) in [5, 5.41) is 0. The predicted octanol–water partition coefficient (Wildman–Crippen LogP) is 2.56. The molecule has 0 aromatic rings. The Morgan fingerprint density at radius 2 is 0.875 bits per heavy atom. The first kappa shape index (κ1) is 44.8. The molecule has 0 saturated carbocycles. The lowest BCUT2D eigenvalue weighted by Gasteiger charge is -2.24. The molecule has 1 unspecified atom stereocenters. The number of likely N-dealkylation sites (N-methyl/N-ethyl adjacent to an activating group) is 1. The maximum Gasteiger partial charge on any atom is 0.410 e. The van der Waals surface area contributed by atoms with Crippen molar-refractivity contribution in [2.75, 3.05) is 159 Å².